The van der Waals surface area contributed by atoms with Crippen LogP contribution in [0.5, 0.6) is 5.75 Å². The van der Waals surface area contributed by atoms with Crippen LogP contribution in [0.25, 0.3) is 0 Å². The number of hydrogen-bond donors (Lipinski definition) is 1. The predicted octanol–water partition coefficient (Wildman–Crippen LogP) is 2.92. The van der Waals surface area contributed by atoms with E-state index in [0.29, 0.717) is 6.42 Å². The number of methoxy groups -OCH3 is 1. The molecule has 3 nitrogen and oxygen atoms in total. The minimum atomic E-state index is -0.563. The third kappa shape index (κ3) is 4.15. The normalized spacial score (nSPS) is 16.9. The summed E-state index contributed by atoms with van der Waals surface area (Å²) in [5, 5.41) is 3.24. The average Bonchev–Trinajstić information content (AvgIpc) is 2.46. The first-order valence-electron chi connectivity index (χ1n) is 6.76. The Kier molecular flexibility index (Phi) is 7.08. The summed E-state index contributed by atoms with van der Waals surface area (Å²) in [4.78, 5) is 2.09. The molecule has 1 saturated heterocycles. The first-order chi connectivity index (χ1) is 9.67. The summed E-state index contributed by atoms with van der Waals surface area (Å²) in [6, 6.07) is 2.15. The Hall–Kier alpha value is -1.17. The van der Waals surface area contributed by atoms with Crippen molar-refractivity contribution in [3.05, 3.63) is 42.0 Å². The largest absolute Gasteiger partial charge is 0.497 e. The molecule has 0 saturated carbocycles. The van der Waals surface area contributed by atoms with Crippen LogP contribution in [0.4, 0.5) is 8.78 Å². The van der Waals surface area contributed by atoms with E-state index >= 15 is 0 Å². The molecule has 2 rings (SSSR count). The summed E-state index contributed by atoms with van der Waals surface area (Å²) in [5.74, 6) is -0.930. The molecule has 0 unspecified atom stereocenters. The van der Waals surface area contributed by atoms with Gasteiger partial charge >= 0.3 is 0 Å². The van der Waals surface area contributed by atoms with E-state index in [1.165, 1.54) is 19.2 Å². The molecule has 1 aliphatic rings. The summed E-state index contributed by atoms with van der Waals surface area (Å²) >= 11 is 0. The highest BCUT2D eigenvalue weighted by atomic mass is 35.5. The Balaban J connectivity index is 0.00000220. The molecule has 0 radical (unpaired) electrons. The van der Waals surface area contributed by atoms with Gasteiger partial charge in [0, 0.05) is 49.9 Å². The number of ether oxygens (including phenoxy) is 1. The second-order valence-electron chi connectivity index (χ2n) is 4.83. The van der Waals surface area contributed by atoms with Crippen LogP contribution < -0.4 is 10.1 Å². The molecule has 0 aliphatic carbocycles. The number of nitrogens with one attached hydrogen (secondary N) is 1. The fourth-order valence-corrected chi connectivity index (χ4v) is 2.60. The van der Waals surface area contributed by atoms with Crippen molar-refractivity contribution < 1.29 is 13.5 Å². The zero-order chi connectivity index (χ0) is 14.5. The van der Waals surface area contributed by atoms with Crippen LogP contribution >= 0.6 is 12.4 Å². The number of nitrogens with zero attached hydrogens (tertiary/aromatic N) is 1. The van der Waals surface area contributed by atoms with Gasteiger partial charge in [-0.1, -0.05) is 6.08 Å². The number of halogens is 3. The van der Waals surface area contributed by atoms with Crippen molar-refractivity contribution >= 4 is 12.4 Å². The van der Waals surface area contributed by atoms with Crippen molar-refractivity contribution in [2.75, 3.05) is 33.3 Å². The zero-order valence-corrected chi connectivity index (χ0v) is 12.9. The maximum atomic E-state index is 14.2. The summed E-state index contributed by atoms with van der Waals surface area (Å²) in [6.45, 7) is 6.89. The van der Waals surface area contributed by atoms with Crippen molar-refractivity contribution in [1.82, 2.24) is 10.2 Å². The molecule has 6 heteroatoms. The molecule has 0 amide bonds. The second-order valence-corrected chi connectivity index (χ2v) is 4.83. The second kappa shape index (κ2) is 8.32. The van der Waals surface area contributed by atoms with Gasteiger partial charge in [-0.2, -0.15) is 0 Å². The average molecular weight is 319 g/mol. The van der Waals surface area contributed by atoms with Crippen molar-refractivity contribution in [2.45, 2.75) is 12.5 Å². The number of rotatable bonds is 5. The van der Waals surface area contributed by atoms with E-state index in [1.54, 1.807) is 6.08 Å². The zero-order valence-electron chi connectivity index (χ0n) is 12.1. The summed E-state index contributed by atoms with van der Waals surface area (Å²) in [6.07, 6.45) is 2.22. The van der Waals surface area contributed by atoms with Crippen molar-refractivity contribution in [2.24, 2.45) is 0 Å². The van der Waals surface area contributed by atoms with Gasteiger partial charge in [-0.15, -0.1) is 19.0 Å². The molecule has 1 aliphatic heterocycles. The number of piperazine rings is 1. The number of benzene rings is 1. The quantitative estimate of drug-likeness (QED) is 0.845. The minimum Gasteiger partial charge on any atom is -0.497 e. The Morgan fingerprint density at radius 1 is 1.33 bits per heavy atom. The van der Waals surface area contributed by atoms with E-state index in [1.807, 2.05) is 0 Å². The summed E-state index contributed by atoms with van der Waals surface area (Å²) < 4.78 is 33.4. The molecule has 21 heavy (non-hydrogen) atoms. The third-order valence-corrected chi connectivity index (χ3v) is 3.60. The fraction of sp³-hybridized carbons (Fsp3) is 0.467. The lowest BCUT2D eigenvalue weighted by molar-refractivity contribution is 0.167. The van der Waals surface area contributed by atoms with E-state index in [2.05, 4.69) is 16.8 Å². The molecule has 1 aromatic rings. The maximum Gasteiger partial charge on any atom is 0.134 e. The Morgan fingerprint density at radius 2 is 1.90 bits per heavy atom. The lowest BCUT2D eigenvalue weighted by atomic mass is 9.99. The highest BCUT2D eigenvalue weighted by molar-refractivity contribution is 5.85. The van der Waals surface area contributed by atoms with Gasteiger partial charge in [0.15, 0.2) is 0 Å². The molecule has 1 fully saturated rings. The maximum absolute atomic E-state index is 14.2. The van der Waals surface area contributed by atoms with Crippen LogP contribution in [0.2, 0.25) is 0 Å². The van der Waals surface area contributed by atoms with Crippen LogP contribution in [0.15, 0.2) is 24.8 Å². The SMILES string of the molecule is C=CC[C@@H](c1c(F)cc(OC)cc1F)N1CCNCC1.Cl. The van der Waals surface area contributed by atoms with E-state index in [0.717, 1.165) is 26.2 Å². The van der Waals surface area contributed by atoms with Gasteiger partial charge in [-0.3, -0.25) is 4.90 Å². The molecule has 0 bridgehead atoms. The first kappa shape index (κ1) is 17.9. The van der Waals surface area contributed by atoms with Crippen LogP contribution in [0.1, 0.15) is 18.0 Å². The van der Waals surface area contributed by atoms with E-state index < -0.39 is 11.6 Å². The standard InChI is InChI=1S/C15H20F2N2O.ClH/c1-3-4-14(19-7-5-18-6-8-19)15-12(16)9-11(20-2)10-13(15)17;/h3,9-10,14,18H,1,4-8H2,2H3;1H/t14-;/m0./s1. The van der Waals surface area contributed by atoms with Crippen molar-refractivity contribution in [3.8, 4) is 5.75 Å². The molecular weight excluding hydrogens is 298 g/mol. The van der Waals surface area contributed by atoms with Gasteiger partial charge in [-0.25, -0.2) is 8.78 Å². The summed E-state index contributed by atoms with van der Waals surface area (Å²) in [5.41, 5.74) is 0.104. The van der Waals surface area contributed by atoms with Gasteiger partial charge < -0.3 is 10.1 Å². The lowest BCUT2D eigenvalue weighted by Gasteiger charge is -2.35. The van der Waals surface area contributed by atoms with Crippen LogP contribution in [-0.2, 0) is 0 Å². The Morgan fingerprint density at radius 3 is 2.38 bits per heavy atom. The molecule has 1 aromatic carbocycles. The van der Waals surface area contributed by atoms with Crippen LogP contribution in [-0.4, -0.2) is 38.2 Å². The minimum absolute atomic E-state index is 0. The van der Waals surface area contributed by atoms with Gasteiger partial charge in [0.1, 0.15) is 17.4 Å². The fourth-order valence-electron chi connectivity index (χ4n) is 2.60. The molecule has 0 spiro atoms. The van der Waals surface area contributed by atoms with Crippen molar-refractivity contribution in [3.63, 3.8) is 0 Å². The van der Waals surface area contributed by atoms with Gasteiger partial charge in [0.05, 0.1) is 7.11 Å². The topological polar surface area (TPSA) is 24.5 Å². The van der Waals surface area contributed by atoms with E-state index in [4.69, 9.17) is 4.74 Å². The number of hydrogen-bond acceptors (Lipinski definition) is 3. The summed E-state index contributed by atoms with van der Waals surface area (Å²) in [7, 11) is 1.39. The third-order valence-electron chi connectivity index (χ3n) is 3.60. The highest BCUT2D eigenvalue weighted by Gasteiger charge is 2.27. The molecule has 0 aromatic heterocycles. The van der Waals surface area contributed by atoms with Gasteiger partial charge in [0.2, 0.25) is 0 Å². The molecular formula is C15H21ClF2N2O. The first-order valence-corrected chi connectivity index (χ1v) is 6.76. The van der Waals surface area contributed by atoms with Gasteiger partial charge in [-0.05, 0) is 6.42 Å². The molecule has 1 atom stereocenters. The molecule has 1 N–H and O–H groups in total. The van der Waals surface area contributed by atoms with Gasteiger partial charge in [0.25, 0.3) is 0 Å². The van der Waals surface area contributed by atoms with E-state index in [9.17, 15) is 8.78 Å². The van der Waals surface area contributed by atoms with Crippen molar-refractivity contribution in [1.29, 1.82) is 0 Å². The van der Waals surface area contributed by atoms with Crippen LogP contribution in [0, 0.1) is 11.6 Å². The highest BCUT2D eigenvalue weighted by Crippen LogP contribution is 2.32. The Bertz CT molecular complexity index is 456. The monoisotopic (exact) mass is 318 g/mol. The molecule has 118 valence electrons. The predicted molar refractivity (Wildman–Crippen MR) is 82.2 cm³/mol. The smallest absolute Gasteiger partial charge is 0.134 e. The Labute approximate surface area is 130 Å². The molecule has 1 heterocycles. The van der Waals surface area contributed by atoms with E-state index in [-0.39, 0.29) is 29.8 Å². The van der Waals surface area contributed by atoms with Crippen LogP contribution in [0.3, 0.4) is 0 Å². The lowest BCUT2D eigenvalue weighted by Crippen LogP contribution is -2.45.